The van der Waals surface area contributed by atoms with E-state index < -0.39 is 22.3 Å². The van der Waals surface area contributed by atoms with Crippen molar-refractivity contribution in [1.82, 2.24) is 0 Å². The first-order valence-corrected chi connectivity index (χ1v) is 3.85. The van der Waals surface area contributed by atoms with Gasteiger partial charge in [-0.3, -0.25) is 9.35 Å². The van der Waals surface area contributed by atoms with Crippen LogP contribution in [0.4, 0.5) is 0 Å². The van der Waals surface area contributed by atoms with Crippen molar-refractivity contribution in [3.05, 3.63) is 0 Å². The van der Waals surface area contributed by atoms with Crippen LogP contribution >= 0.6 is 0 Å². The van der Waals surface area contributed by atoms with Crippen LogP contribution in [0.1, 0.15) is 13.8 Å². The number of rotatable bonds is 3. The number of Topliss-reactive ketones (excluding diaryl/α,β-unsaturated/α-hetero) is 1. The van der Waals surface area contributed by atoms with E-state index in [1.165, 1.54) is 6.92 Å². The first-order chi connectivity index (χ1) is 4.33. The Morgan fingerprint density at radius 2 is 2.00 bits per heavy atom. The third-order valence-electron chi connectivity index (χ3n) is 0.838. The van der Waals surface area contributed by atoms with Crippen molar-refractivity contribution in [2.24, 2.45) is 0 Å². The lowest BCUT2D eigenvalue weighted by molar-refractivity contribution is -0.123. The monoisotopic (exact) mass is 168 g/mol. The van der Waals surface area contributed by atoms with Crippen LogP contribution in [0.3, 0.4) is 0 Å². The molecule has 0 radical (unpaired) electrons. The molecular formula is C4H8O5S. The van der Waals surface area contributed by atoms with Crippen molar-refractivity contribution in [1.29, 1.82) is 0 Å². The summed E-state index contributed by atoms with van der Waals surface area (Å²) in [6, 6.07) is 0. The maximum absolute atomic E-state index is 10.3. The molecule has 0 heterocycles. The van der Waals surface area contributed by atoms with Crippen molar-refractivity contribution in [2.75, 3.05) is 0 Å². The summed E-state index contributed by atoms with van der Waals surface area (Å²) in [5.41, 5.74) is 0. The van der Waals surface area contributed by atoms with Gasteiger partial charge in [0, 0.05) is 0 Å². The first kappa shape index (κ1) is 9.54. The van der Waals surface area contributed by atoms with Gasteiger partial charge in [0.25, 0.3) is 0 Å². The molecule has 60 valence electrons. The lowest BCUT2D eigenvalue weighted by Gasteiger charge is -2.03. The predicted octanol–water partition coefficient (Wildman–Crippen LogP) is -0.217. The van der Waals surface area contributed by atoms with Gasteiger partial charge in [0.1, 0.15) is 6.10 Å². The highest BCUT2D eigenvalue weighted by atomic mass is 32.3. The van der Waals surface area contributed by atoms with E-state index in [2.05, 4.69) is 4.18 Å². The van der Waals surface area contributed by atoms with Gasteiger partial charge in [0.15, 0.2) is 5.78 Å². The minimum Gasteiger partial charge on any atom is -0.297 e. The Morgan fingerprint density at radius 3 is 2.10 bits per heavy atom. The molecule has 0 aliphatic carbocycles. The highest BCUT2D eigenvalue weighted by molar-refractivity contribution is 7.80. The second-order valence-electron chi connectivity index (χ2n) is 1.78. The molecule has 0 aliphatic heterocycles. The summed E-state index contributed by atoms with van der Waals surface area (Å²) in [6.45, 7) is 2.39. The average Bonchev–Trinajstić information content (AvgIpc) is 1.60. The van der Waals surface area contributed by atoms with Gasteiger partial charge in [-0.1, -0.05) is 0 Å². The van der Waals surface area contributed by atoms with Gasteiger partial charge in [0.05, 0.1) is 0 Å². The number of hydrogen-bond donors (Lipinski definition) is 1. The summed E-state index contributed by atoms with van der Waals surface area (Å²) in [7, 11) is -4.49. The van der Waals surface area contributed by atoms with Crippen molar-refractivity contribution in [3.8, 4) is 0 Å². The standard InChI is InChI=1S/C4H8O5S/c1-3(5)4(2)9-10(6,7)8/h4H,1-2H3,(H,6,7,8). The second kappa shape index (κ2) is 3.09. The summed E-state index contributed by atoms with van der Waals surface area (Å²) in [4.78, 5) is 10.3. The normalized spacial score (nSPS) is 14.7. The third kappa shape index (κ3) is 4.42. The maximum Gasteiger partial charge on any atom is 0.398 e. The van der Waals surface area contributed by atoms with Gasteiger partial charge < -0.3 is 0 Å². The molecule has 10 heavy (non-hydrogen) atoms. The highest BCUT2D eigenvalue weighted by Crippen LogP contribution is 1.96. The van der Waals surface area contributed by atoms with E-state index in [-0.39, 0.29) is 0 Å². The summed E-state index contributed by atoms with van der Waals surface area (Å²) in [5, 5.41) is 0. The smallest absolute Gasteiger partial charge is 0.297 e. The van der Waals surface area contributed by atoms with Crippen molar-refractivity contribution in [2.45, 2.75) is 20.0 Å². The molecule has 0 saturated carbocycles. The van der Waals surface area contributed by atoms with Crippen LogP contribution in [-0.4, -0.2) is 24.9 Å². The van der Waals surface area contributed by atoms with Crippen LogP contribution in [-0.2, 0) is 19.4 Å². The van der Waals surface area contributed by atoms with Gasteiger partial charge in [-0.05, 0) is 13.8 Å². The molecule has 0 saturated heterocycles. The second-order valence-corrected chi connectivity index (χ2v) is 2.82. The molecule has 0 aromatic rings. The minimum atomic E-state index is -4.49. The van der Waals surface area contributed by atoms with Crippen LogP contribution in [0.2, 0.25) is 0 Å². The zero-order valence-corrected chi connectivity index (χ0v) is 6.38. The topological polar surface area (TPSA) is 80.7 Å². The van der Waals surface area contributed by atoms with Crippen LogP contribution in [0, 0.1) is 0 Å². The third-order valence-corrected chi connectivity index (χ3v) is 1.37. The maximum atomic E-state index is 10.3. The lowest BCUT2D eigenvalue weighted by Crippen LogP contribution is -2.21. The van der Waals surface area contributed by atoms with Gasteiger partial charge in [-0.2, -0.15) is 8.42 Å². The molecule has 6 heteroatoms. The highest BCUT2D eigenvalue weighted by Gasteiger charge is 2.15. The van der Waals surface area contributed by atoms with Gasteiger partial charge in [-0.15, -0.1) is 0 Å². The Morgan fingerprint density at radius 1 is 1.60 bits per heavy atom. The minimum absolute atomic E-state index is 0.461. The fraction of sp³-hybridized carbons (Fsp3) is 0.750. The molecule has 1 unspecified atom stereocenters. The van der Waals surface area contributed by atoms with Gasteiger partial charge in [-0.25, -0.2) is 4.18 Å². The Hall–Kier alpha value is -0.460. The van der Waals surface area contributed by atoms with Crippen molar-refractivity contribution in [3.63, 3.8) is 0 Å². The molecule has 0 aromatic carbocycles. The van der Waals surface area contributed by atoms with E-state index in [1.807, 2.05) is 0 Å². The molecule has 5 nitrogen and oxygen atoms in total. The summed E-state index contributed by atoms with van der Waals surface area (Å²) in [6.07, 6.45) is -1.12. The van der Waals surface area contributed by atoms with Gasteiger partial charge in [0.2, 0.25) is 0 Å². The summed E-state index contributed by atoms with van der Waals surface area (Å²) < 4.78 is 31.8. The Labute approximate surface area is 58.9 Å². The van der Waals surface area contributed by atoms with E-state index in [0.717, 1.165) is 6.92 Å². The molecule has 1 atom stereocenters. The SMILES string of the molecule is CC(=O)C(C)OS(=O)(=O)O. The molecule has 0 rings (SSSR count). The molecule has 0 fully saturated rings. The molecule has 0 bridgehead atoms. The molecule has 0 spiro atoms. The lowest BCUT2D eigenvalue weighted by atomic mass is 10.3. The Kier molecular flexibility index (Phi) is 2.95. The fourth-order valence-corrected chi connectivity index (χ4v) is 0.750. The molecular weight excluding hydrogens is 160 g/mol. The Bertz CT molecular complexity index is 216. The molecule has 0 aliphatic rings. The number of carbonyl (C=O) groups is 1. The largest absolute Gasteiger partial charge is 0.398 e. The van der Waals surface area contributed by atoms with Crippen LogP contribution in [0.15, 0.2) is 0 Å². The Balaban J connectivity index is 4.06. The van der Waals surface area contributed by atoms with Gasteiger partial charge >= 0.3 is 10.4 Å². The summed E-state index contributed by atoms with van der Waals surface area (Å²) in [5.74, 6) is -0.461. The van der Waals surface area contributed by atoms with Crippen molar-refractivity contribution < 1.29 is 21.9 Å². The first-order valence-electron chi connectivity index (χ1n) is 2.49. The molecule has 0 aromatic heterocycles. The average molecular weight is 168 g/mol. The number of hydrogen-bond acceptors (Lipinski definition) is 4. The van der Waals surface area contributed by atoms with E-state index in [4.69, 9.17) is 4.55 Å². The van der Waals surface area contributed by atoms with Crippen LogP contribution < -0.4 is 0 Å². The van der Waals surface area contributed by atoms with E-state index in [1.54, 1.807) is 0 Å². The zero-order valence-electron chi connectivity index (χ0n) is 5.57. The van der Waals surface area contributed by atoms with E-state index in [0.29, 0.717) is 0 Å². The zero-order chi connectivity index (χ0) is 8.36. The number of ketones is 1. The van der Waals surface area contributed by atoms with Crippen LogP contribution in [0.5, 0.6) is 0 Å². The molecule has 0 amide bonds. The van der Waals surface area contributed by atoms with Crippen LogP contribution in [0.25, 0.3) is 0 Å². The van der Waals surface area contributed by atoms with Crippen molar-refractivity contribution >= 4 is 16.2 Å². The quantitative estimate of drug-likeness (QED) is 0.589. The number of carbonyl (C=O) groups excluding carboxylic acids is 1. The fourth-order valence-electron chi connectivity index (χ4n) is 0.250. The van der Waals surface area contributed by atoms with E-state index >= 15 is 0 Å². The molecule has 1 N–H and O–H groups in total. The predicted molar refractivity (Wildman–Crippen MR) is 32.8 cm³/mol. The summed E-state index contributed by atoms with van der Waals surface area (Å²) >= 11 is 0. The van der Waals surface area contributed by atoms with E-state index in [9.17, 15) is 13.2 Å².